The van der Waals surface area contributed by atoms with E-state index in [2.05, 4.69) is 79.9 Å². The Balaban J connectivity index is 2.00. The summed E-state index contributed by atoms with van der Waals surface area (Å²) >= 11 is 0. The molecule has 1 aliphatic rings. The molecule has 0 aromatic rings. The highest BCUT2D eigenvalue weighted by Crippen LogP contribution is 2.23. The molecule has 1 aliphatic heterocycles. The number of nitrogens with one attached hydrogen (secondary N) is 1. The highest BCUT2D eigenvalue weighted by Gasteiger charge is 2.44. The molecule has 1 saturated heterocycles. The number of hydrogen-bond acceptors (Lipinski definition) is 10. The average molecular weight is 1170 g/mol. The van der Waals surface area contributed by atoms with E-state index < -0.39 is 49.5 Å². The van der Waals surface area contributed by atoms with Crippen molar-refractivity contribution >= 4 is 11.9 Å². The number of allylic oxidation sites excluding steroid dienone is 11. The molecule has 83 heavy (non-hydrogen) atoms. The molecule has 1 heterocycles. The van der Waals surface area contributed by atoms with Gasteiger partial charge in [0, 0.05) is 12.8 Å². The number of ether oxygens (including phenoxy) is 3. The zero-order chi connectivity index (χ0) is 60.2. The van der Waals surface area contributed by atoms with Crippen LogP contribution in [0, 0.1) is 0 Å². The van der Waals surface area contributed by atoms with Crippen molar-refractivity contribution in [3.8, 4) is 0 Å². The SMILES string of the molecule is CCC/C=C\C/C=C\CCCCCCCC(=O)OCCCCCCCCCCC/C=C\C/C=C\CCCCCCCCCCCCCCCC(=O)NC(COC1OC(CO)C(O)C(O)C1O)C(O)/C=C/CC/C=C/CCCCCCCCC. The highest BCUT2D eigenvalue weighted by molar-refractivity contribution is 5.76. The van der Waals surface area contributed by atoms with E-state index in [0.717, 1.165) is 83.5 Å². The van der Waals surface area contributed by atoms with E-state index in [1.165, 1.54) is 199 Å². The van der Waals surface area contributed by atoms with Crippen LogP contribution in [0.4, 0.5) is 0 Å². The Morgan fingerprint density at radius 3 is 1.31 bits per heavy atom. The summed E-state index contributed by atoms with van der Waals surface area (Å²) in [6.45, 7) is 4.26. The van der Waals surface area contributed by atoms with Crippen LogP contribution in [0.1, 0.15) is 309 Å². The molecule has 0 radical (unpaired) electrons. The molecule has 482 valence electrons. The van der Waals surface area contributed by atoms with Crippen LogP contribution >= 0.6 is 0 Å². The van der Waals surface area contributed by atoms with Crippen molar-refractivity contribution in [1.29, 1.82) is 0 Å². The third-order valence-electron chi connectivity index (χ3n) is 16.0. The fourth-order valence-corrected chi connectivity index (χ4v) is 10.5. The Hall–Kier alpha value is -2.90. The maximum atomic E-state index is 13.1. The van der Waals surface area contributed by atoms with E-state index in [1.807, 2.05) is 6.08 Å². The number of unbranched alkanes of at least 4 members (excludes halogenated alkanes) is 36. The van der Waals surface area contributed by atoms with E-state index in [9.17, 15) is 35.1 Å². The van der Waals surface area contributed by atoms with Crippen molar-refractivity contribution in [1.82, 2.24) is 5.32 Å². The second-order valence-corrected chi connectivity index (χ2v) is 23.9. The van der Waals surface area contributed by atoms with Crippen LogP contribution in [0.15, 0.2) is 72.9 Å². The Kier molecular flexibility index (Phi) is 57.2. The second-order valence-electron chi connectivity index (χ2n) is 23.9. The third-order valence-corrected chi connectivity index (χ3v) is 16.0. The number of hydrogen-bond donors (Lipinski definition) is 6. The predicted octanol–water partition coefficient (Wildman–Crippen LogP) is 17.5. The summed E-state index contributed by atoms with van der Waals surface area (Å²) in [7, 11) is 0. The Bertz CT molecular complexity index is 1610. The summed E-state index contributed by atoms with van der Waals surface area (Å²) in [5.74, 6) is -0.206. The number of esters is 1. The molecule has 0 saturated carbocycles. The van der Waals surface area contributed by atoms with Crippen LogP contribution in [0.3, 0.4) is 0 Å². The van der Waals surface area contributed by atoms with Crippen molar-refractivity contribution in [2.75, 3.05) is 19.8 Å². The number of aliphatic hydroxyl groups is 5. The quantitative estimate of drug-likeness (QED) is 0.0195. The molecular formula is C72H129NO10. The maximum absolute atomic E-state index is 13.1. The molecule has 0 aromatic carbocycles. The van der Waals surface area contributed by atoms with Crippen molar-refractivity contribution in [3.63, 3.8) is 0 Å². The Morgan fingerprint density at radius 1 is 0.446 bits per heavy atom. The molecule has 0 spiro atoms. The molecule has 1 rings (SSSR count). The van der Waals surface area contributed by atoms with Crippen molar-refractivity contribution < 1.29 is 49.3 Å². The minimum atomic E-state index is -1.58. The van der Waals surface area contributed by atoms with Crippen molar-refractivity contribution in [2.24, 2.45) is 0 Å². The van der Waals surface area contributed by atoms with Gasteiger partial charge in [0.2, 0.25) is 5.91 Å². The van der Waals surface area contributed by atoms with Gasteiger partial charge in [0.25, 0.3) is 0 Å². The topological polar surface area (TPSA) is 175 Å². The largest absolute Gasteiger partial charge is 0.466 e. The summed E-state index contributed by atoms with van der Waals surface area (Å²) in [5, 5.41) is 54.4. The van der Waals surface area contributed by atoms with Crippen molar-refractivity contribution in [3.05, 3.63) is 72.9 Å². The van der Waals surface area contributed by atoms with Gasteiger partial charge < -0.3 is 45.1 Å². The van der Waals surface area contributed by atoms with Crippen LogP contribution in [-0.2, 0) is 23.8 Å². The van der Waals surface area contributed by atoms with Gasteiger partial charge in [-0.25, -0.2) is 0 Å². The van der Waals surface area contributed by atoms with E-state index in [1.54, 1.807) is 6.08 Å². The molecule has 0 bridgehead atoms. The van der Waals surface area contributed by atoms with Crippen molar-refractivity contribution in [2.45, 2.75) is 352 Å². The lowest BCUT2D eigenvalue weighted by Gasteiger charge is -2.40. The highest BCUT2D eigenvalue weighted by atomic mass is 16.7. The first-order chi connectivity index (χ1) is 40.7. The molecule has 11 nitrogen and oxygen atoms in total. The average Bonchev–Trinajstić information content (AvgIpc) is 3.62. The molecule has 7 atom stereocenters. The summed E-state index contributed by atoms with van der Waals surface area (Å²) in [6, 6.07) is -0.830. The minimum absolute atomic E-state index is 0.0130. The number of carbonyl (C=O) groups is 2. The minimum Gasteiger partial charge on any atom is -0.466 e. The second kappa shape index (κ2) is 60.8. The van der Waals surface area contributed by atoms with E-state index in [4.69, 9.17) is 14.2 Å². The van der Waals surface area contributed by atoms with E-state index >= 15 is 0 Å². The monoisotopic (exact) mass is 1170 g/mol. The van der Waals surface area contributed by atoms with Gasteiger partial charge in [0.15, 0.2) is 6.29 Å². The number of carbonyl (C=O) groups excluding carboxylic acids is 2. The molecule has 11 heteroatoms. The number of aliphatic hydroxyl groups excluding tert-OH is 5. The summed E-state index contributed by atoms with van der Waals surface area (Å²) in [6.07, 6.45) is 71.7. The van der Waals surface area contributed by atoms with Crippen LogP contribution in [-0.4, -0.2) is 100 Å². The normalized spacial score (nSPS) is 18.6. The van der Waals surface area contributed by atoms with Crippen LogP contribution in [0.25, 0.3) is 0 Å². The molecule has 1 fully saturated rings. The van der Waals surface area contributed by atoms with E-state index in [0.29, 0.717) is 19.4 Å². The first-order valence-electron chi connectivity index (χ1n) is 34.7. The van der Waals surface area contributed by atoms with Gasteiger partial charge in [-0.2, -0.15) is 0 Å². The van der Waals surface area contributed by atoms with E-state index in [-0.39, 0.29) is 18.5 Å². The first kappa shape index (κ1) is 78.1. The first-order valence-corrected chi connectivity index (χ1v) is 34.7. The molecule has 7 unspecified atom stereocenters. The third kappa shape index (κ3) is 49.9. The lowest BCUT2D eigenvalue weighted by Crippen LogP contribution is -2.60. The molecule has 1 amide bonds. The number of amides is 1. The summed E-state index contributed by atoms with van der Waals surface area (Å²) in [4.78, 5) is 25.1. The van der Waals surface area contributed by atoms with Crippen LogP contribution < -0.4 is 5.32 Å². The van der Waals surface area contributed by atoms with Gasteiger partial charge in [-0.15, -0.1) is 0 Å². The molecular weight excluding hydrogens is 1040 g/mol. The fourth-order valence-electron chi connectivity index (χ4n) is 10.5. The summed E-state index contributed by atoms with van der Waals surface area (Å²) < 4.78 is 16.7. The van der Waals surface area contributed by atoms with Gasteiger partial charge >= 0.3 is 5.97 Å². The summed E-state index contributed by atoms with van der Waals surface area (Å²) in [5.41, 5.74) is 0. The molecule has 0 aromatic heterocycles. The van der Waals surface area contributed by atoms with Gasteiger partial charge in [-0.1, -0.05) is 267 Å². The predicted molar refractivity (Wildman–Crippen MR) is 347 cm³/mol. The molecule has 6 N–H and O–H groups in total. The lowest BCUT2D eigenvalue weighted by atomic mass is 9.99. The Morgan fingerprint density at radius 2 is 0.843 bits per heavy atom. The van der Waals surface area contributed by atoms with Gasteiger partial charge in [0.1, 0.15) is 24.4 Å². The Labute approximate surface area is 509 Å². The standard InChI is InChI=1S/C72H129NO10/c1-3-5-7-9-11-13-15-34-38-42-46-50-54-58-65(75)64(63-82-72-71(80)70(79)69(78)66(62-74)83-72)73-67(76)59-55-51-47-43-39-36-32-30-28-26-24-22-20-18-17-19-21-23-25-27-29-31-33-37-41-45-49-53-57-61-81-68(77)60-56-52-48-44-40-35-16-14-12-10-8-6-4-2/h8,10,14,16-17,19,23,25,38,42,54,58,64-66,69-72,74-75,78-80H,3-7,9,11-13,15,18,20-22,24,26-37,39-41,43-53,55-57,59-63H2,1-2H3,(H,73,76)/b10-8-,16-14-,19-17-,25-23-,42-38+,58-54+. The van der Waals surface area contributed by atoms with Crippen LogP contribution in [0.5, 0.6) is 0 Å². The molecule has 0 aliphatic carbocycles. The van der Waals surface area contributed by atoms with Gasteiger partial charge in [0.05, 0.1) is 32.0 Å². The fraction of sp³-hybridized carbons (Fsp3) is 0.806. The lowest BCUT2D eigenvalue weighted by molar-refractivity contribution is -0.302. The van der Waals surface area contributed by atoms with Gasteiger partial charge in [-0.3, -0.25) is 9.59 Å². The van der Waals surface area contributed by atoms with Gasteiger partial charge in [-0.05, 0) is 103 Å². The zero-order valence-electron chi connectivity index (χ0n) is 53.4. The number of rotatable bonds is 60. The zero-order valence-corrected chi connectivity index (χ0v) is 53.4. The maximum Gasteiger partial charge on any atom is 0.305 e. The smallest absolute Gasteiger partial charge is 0.305 e. The van der Waals surface area contributed by atoms with Crippen LogP contribution in [0.2, 0.25) is 0 Å².